The van der Waals surface area contributed by atoms with Crippen molar-refractivity contribution < 1.29 is 24.0 Å². The zero-order valence-corrected chi connectivity index (χ0v) is 17.3. The Morgan fingerprint density at radius 3 is 2.47 bits per heavy atom. The van der Waals surface area contributed by atoms with Crippen LogP contribution in [-0.4, -0.2) is 48.3 Å². The number of aldehydes is 1. The van der Waals surface area contributed by atoms with Crippen LogP contribution in [0.4, 0.5) is 11.4 Å². The summed E-state index contributed by atoms with van der Waals surface area (Å²) in [6.07, 6.45) is 3.61. The number of rotatable bonds is 6. The fourth-order valence-corrected chi connectivity index (χ4v) is 3.83. The van der Waals surface area contributed by atoms with Crippen LogP contribution in [0.2, 0.25) is 0 Å². The summed E-state index contributed by atoms with van der Waals surface area (Å²) in [5, 5.41) is 13.7. The highest BCUT2D eigenvalue weighted by Gasteiger charge is 2.59. The van der Waals surface area contributed by atoms with Crippen LogP contribution in [0.25, 0.3) is 0 Å². The average molecular weight is 415 g/mol. The van der Waals surface area contributed by atoms with Gasteiger partial charge in [0.1, 0.15) is 11.9 Å². The molecule has 1 fully saturated rings. The van der Waals surface area contributed by atoms with E-state index in [2.05, 4.69) is 5.32 Å². The standard InChI is InChI=1S/C21H25N3O6/c1-20(2,3)19(27)22-12-21-10-9-16(30-21)17(15(21)11-25)18(26)23(4)13-5-7-14(8-6-13)24(28)29/h5-11,15-17H,12H2,1-4H3,(H,22,27). The summed E-state index contributed by atoms with van der Waals surface area (Å²) < 4.78 is 6.00. The van der Waals surface area contributed by atoms with Crippen molar-refractivity contribution in [2.75, 3.05) is 18.5 Å². The quantitative estimate of drug-likeness (QED) is 0.328. The number of hydrogen-bond donors (Lipinski definition) is 1. The first-order valence-electron chi connectivity index (χ1n) is 9.63. The minimum Gasteiger partial charge on any atom is -0.360 e. The molecular formula is C21H25N3O6. The van der Waals surface area contributed by atoms with Crippen molar-refractivity contribution in [1.82, 2.24) is 5.32 Å². The van der Waals surface area contributed by atoms with Gasteiger partial charge >= 0.3 is 0 Å². The molecule has 30 heavy (non-hydrogen) atoms. The topological polar surface area (TPSA) is 119 Å². The van der Waals surface area contributed by atoms with Gasteiger partial charge in [-0.1, -0.05) is 32.9 Å². The first-order chi connectivity index (χ1) is 14.0. The van der Waals surface area contributed by atoms with Gasteiger partial charge < -0.3 is 19.7 Å². The second kappa shape index (κ2) is 7.64. The minimum atomic E-state index is -1.07. The molecule has 2 amide bonds. The molecule has 2 heterocycles. The SMILES string of the molecule is CN(C(=O)C1C2C=CC(CNC(=O)C(C)(C)C)(O2)C1C=O)c1ccc([N+](=O)[O-])cc1. The number of benzene rings is 1. The van der Waals surface area contributed by atoms with Gasteiger partial charge in [0.15, 0.2) is 0 Å². The molecule has 1 aromatic rings. The number of ether oxygens (including phenoxy) is 1. The average Bonchev–Trinajstić information content (AvgIpc) is 3.26. The Hall–Kier alpha value is -3.07. The van der Waals surface area contributed by atoms with Crippen LogP contribution in [0.5, 0.6) is 0 Å². The maximum absolute atomic E-state index is 13.2. The smallest absolute Gasteiger partial charge is 0.269 e. The molecule has 4 unspecified atom stereocenters. The van der Waals surface area contributed by atoms with Gasteiger partial charge in [-0.15, -0.1) is 0 Å². The van der Waals surface area contributed by atoms with E-state index < -0.39 is 33.9 Å². The Morgan fingerprint density at radius 1 is 1.30 bits per heavy atom. The fraction of sp³-hybridized carbons (Fsp3) is 0.476. The van der Waals surface area contributed by atoms with Crippen molar-refractivity contribution in [3.63, 3.8) is 0 Å². The molecule has 0 saturated carbocycles. The maximum atomic E-state index is 13.2. The summed E-state index contributed by atoms with van der Waals surface area (Å²) >= 11 is 0. The number of nitrogens with one attached hydrogen (secondary N) is 1. The third kappa shape index (κ3) is 3.72. The molecule has 9 nitrogen and oxygen atoms in total. The van der Waals surface area contributed by atoms with E-state index in [1.165, 1.54) is 29.2 Å². The van der Waals surface area contributed by atoms with Crippen molar-refractivity contribution in [1.29, 1.82) is 0 Å². The van der Waals surface area contributed by atoms with E-state index in [1.807, 2.05) is 0 Å². The lowest BCUT2D eigenvalue weighted by atomic mass is 9.75. The Morgan fingerprint density at radius 2 is 1.93 bits per heavy atom. The largest absolute Gasteiger partial charge is 0.360 e. The van der Waals surface area contributed by atoms with Crippen LogP contribution in [0.3, 0.4) is 0 Å². The third-order valence-electron chi connectivity index (χ3n) is 5.65. The first kappa shape index (κ1) is 21.6. The lowest BCUT2D eigenvalue weighted by molar-refractivity contribution is -0.384. The summed E-state index contributed by atoms with van der Waals surface area (Å²) in [7, 11) is 1.55. The van der Waals surface area contributed by atoms with Gasteiger partial charge in [0.25, 0.3) is 5.69 Å². The van der Waals surface area contributed by atoms with E-state index in [0.29, 0.717) is 12.0 Å². The summed E-state index contributed by atoms with van der Waals surface area (Å²) in [5.74, 6) is -2.03. The molecule has 3 rings (SSSR count). The summed E-state index contributed by atoms with van der Waals surface area (Å²) in [4.78, 5) is 49.1. The molecule has 1 saturated heterocycles. The number of hydrogen-bond acceptors (Lipinski definition) is 6. The van der Waals surface area contributed by atoms with Crippen molar-refractivity contribution in [3.8, 4) is 0 Å². The van der Waals surface area contributed by atoms with Crippen molar-refractivity contribution in [2.45, 2.75) is 32.5 Å². The Kier molecular flexibility index (Phi) is 5.51. The number of anilines is 1. The zero-order chi connectivity index (χ0) is 22.3. The number of non-ortho nitro benzene ring substituents is 1. The number of fused-ring (bicyclic) bond motifs is 2. The van der Waals surface area contributed by atoms with E-state index in [-0.39, 0.29) is 24.0 Å². The van der Waals surface area contributed by atoms with Gasteiger partial charge in [0, 0.05) is 30.3 Å². The minimum absolute atomic E-state index is 0.0786. The van der Waals surface area contributed by atoms with Crippen molar-refractivity contribution >= 4 is 29.5 Å². The van der Waals surface area contributed by atoms with E-state index in [9.17, 15) is 24.5 Å². The molecule has 1 N–H and O–H groups in total. The van der Waals surface area contributed by atoms with Crippen LogP contribution in [0.15, 0.2) is 36.4 Å². The number of nitrogens with zero attached hydrogens (tertiary/aromatic N) is 2. The second-order valence-electron chi connectivity index (χ2n) is 8.69. The number of carbonyl (C=O) groups is 3. The Bertz CT molecular complexity index is 904. The van der Waals surface area contributed by atoms with E-state index in [0.717, 1.165) is 0 Å². The summed E-state index contributed by atoms with van der Waals surface area (Å²) in [6.45, 7) is 5.44. The molecule has 0 radical (unpaired) electrons. The molecule has 2 aliphatic heterocycles. The third-order valence-corrected chi connectivity index (χ3v) is 5.65. The summed E-state index contributed by atoms with van der Waals surface area (Å²) in [6, 6.07) is 5.60. The zero-order valence-electron chi connectivity index (χ0n) is 17.3. The van der Waals surface area contributed by atoms with Gasteiger partial charge in [-0.25, -0.2) is 0 Å². The molecule has 160 valence electrons. The van der Waals surface area contributed by atoms with Gasteiger partial charge in [-0.2, -0.15) is 0 Å². The predicted molar refractivity (Wildman–Crippen MR) is 109 cm³/mol. The number of nitro groups is 1. The van der Waals surface area contributed by atoms with Crippen LogP contribution >= 0.6 is 0 Å². The van der Waals surface area contributed by atoms with Crippen LogP contribution in [0, 0.1) is 27.4 Å². The van der Waals surface area contributed by atoms with Gasteiger partial charge in [0.05, 0.1) is 29.4 Å². The Labute approximate surface area is 174 Å². The van der Waals surface area contributed by atoms with Crippen LogP contribution < -0.4 is 10.2 Å². The normalized spacial score (nSPS) is 27.0. The molecule has 1 aromatic carbocycles. The van der Waals surface area contributed by atoms with Crippen molar-refractivity contribution in [2.24, 2.45) is 17.3 Å². The maximum Gasteiger partial charge on any atom is 0.269 e. The lowest BCUT2D eigenvalue weighted by Gasteiger charge is -2.32. The Balaban J connectivity index is 1.79. The highest BCUT2D eigenvalue weighted by molar-refractivity contribution is 5.97. The van der Waals surface area contributed by atoms with Crippen molar-refractivity contribution in [3.05, 3.63) is 46.5 Å². The molecule has 9 heteroatoms. The molecule has 0 spiro atoms. The highest BCUT2D eigenvalue weighted by atomic mass is 16.6. The molecular weight excluding hydrogens is 390 g/mol. The molecule has 0 aliphatic carbocycles. The monoisotopic (exact) mass is 415 g/mol. The second-order valence-corrected chi connectivity index (χ2v) is 8.69. The molecule has 2 aliphatic rings. The highest BCUT2D eigenvalue weighted by Crippen LogP contribution is 2.47. The molecule has 0 aromatic heterocycles. The van der Waals surface area contributed by atoms with Crippen LogP contribution in [-0.2, 0) is 19.1 Å². The molecule has 2 bridgehead atoms. The number of amides is 2. The number of nitro benzene ring substituents is 1. The number of carbonyl (C=O) groups excluding carboxylic acids is 3. The van der Waals surface area contributed by atoms with E-state index in [4.69, 9.17) is 4.74 Å². The van der Waals surface area contributed by atoms with E-state index >= 15 is 0 Å². The van der Waals surface area contributed by atoms with Crippen LogP contribution in [0.1, 0.15) is 20.8 Å². The fourth-order valence-electron chi connectivity index (χ4n) is 3.83. The summed E-state index contributed by atoms with van der Waals surface area (Å²) in [5.41, 5.74) is -1.27. The van der Waals surface area contributed by atoms with Gasteiger partial charge in [-0.05, 0) is 12.1 Å². The van der Waals surface area contributed by atoms with E-state index in [1.54, 1.807) is 40.0 Å². The van der Waals surface area contributed by atoms with Gasteiger partial charge in [0.2, 0.25) is 11.8 Å². The predicted octanol–water partition coefficient (Wildman–Crippen LogP) is 1.86. The van der Waals surface area contributed by atoms with Gasteiger partial charge in [-0.3, -0.25) is 19.7 Å². The lowest BCUT2D eigenvalue weighted by Crippen LogP contribution is -2.51. The first-order valence-corrected chi connectivity index (χ1v) is 9.63. The molecule has 4 atom stereocenters.